The molecule has 0 unspecified atom stereocenters. The normalized spacial score (nSPS) is 11.7. The second-order valence-electron chi connectivity index (χ2n) is 8.24. The molecule has 0 bridgehead atoms. The second-order valence-corrected chi connectivity index (χ2v) is 9.08. The van der Waals surface area contributed by atoms with Gasteiger partial charge in [-0.05, 0) is 49.2 Å². The Kier molecular flexibility index (Phi) is 9.37. The molecule has 0 aliphatic heterocycles. The van der Waals surface area contributed by atoms with E-state index in [2.05, 4.69) is 5.32 Å². The van der Waals surface area contributed by atoms with E-state index in [1.807, 2.05) is 56.3 Å². The zero-order valence-electron chi connectivity index (χ0n) is 19.2. The van der Waals surface area contributed by atoms with Gasteiger partial charge in [-0.3, -0.25) is 9.59 Å². The number of halogens is 2. The van der Waals surface area contributed by atoms with Crippen molar-refractivity contribution in [1.29, 1.82) is 0 Å². The van der Waals surface area contributed by atoms with E-state index in [-0.39, 0.29) is 31.0 Å². The van der Waals surface area contributed by atoms with Gasteiger partial charge in [0.25, 0.3) is 5.91 Å². The number of benzene rings is 3. The summed E-state index contributed by atoms with van der Waals surface area (Å²) in [5.41, 5.74) is 1.76. The first kappa shape index (κ1) is 25.6. The summed E-state index contributed by atoms with van der Waals surface area (Å²) in [7, 11) is 0. The molecular formula is C27H28Cl2N2O3. The average molecular weight is 499 g/mol. The number of nitrogens with zero attached hydrogens (tertiary/aromatic N) is 1. The smallest absolute Gasteiger partial charge is 0.261 e. The van der Waals surface area contributed by atoms with Crippen molar-refractivity contribution in [2.75, 3.05) is 6.61 Å². The molecule has 0 saturated heterocycles. The van der Waals surface area contributed by atoms with Crippen LogP contribution in [0.5, 0.6) is 5.75 Å². The van der Waals surface area contributed by atoms with Gasteiger partial charge in [0.05, 0.1) is 5.02 Å². The van der Waals surface area contributed by atoms with E-state index >= 15 is 0 Å². The monoisotopic (exact) mass is 498 g/mol. The number of carbonyl (C=O) groups excluding carboxylic acids is 2. The van der Waals surface area contributed by atoms with Crippen molar-refractivity contribution >= 4 is 35.0 Å². The van der Waals surface area contributed by atoms with E-state index in [9.17, 15) is 9.59 Å². The Morgan fingerprint density at radius 3 is 2.26 bits per heavy atom. The third-order valence-corrected chi connectivity index (χ3v) is 5.68. The van der Waals surface area contributed by atoms with Gasteiger partial charge < -0.3 is 15.0 Å². The number of ether oxygens (including phenoxy) is 1. The number of para-hydroxylation sites is 1. The topological polar surface area (TPSA) is 58.6 Å². The molecule has 0 saturated carbocycles. The standard InChI is InChI=1S/C27H28Cl2N2O3/c1-19(2)30-27(33)24(16-20-9-4-3-5-10-20)31(17-21-11-8-12-22(28)15-21)26(32)18-34-25-14-7-6-13-23(25)29/h3-15,19,24H,16-18H2,1-2H3,(H,30,33)/t24-/m1/s1. The van der Waals surface area contributed by atoms with Crippen LogP contribution < -0.4 is 10.1 Å². The Morgan fingerprint density at radius 1 is 0.912 bits per heavy atom. The first-order valence-electron chi connectivity index (χ1n) is 11.1. The van der Waals surface area contributed by atoms with Crippen molar-refractivity contribution in [3.8, 4) is 5.75 Å². The lowest BCUT2D eigenvalue weighted by molar-refractivity contribution is -0.143. The molecule has 0 aliphatic rings. The third kappa shape index (κ3) is 7.51. The van der Waals surface area contributed by atoms with Crippen molar-refractivity contribution in [2.24, 2.45) is 0 Å². The number of carbonyl (C=O) groups is 2. The molecule has 0 fully saturated rings. The number of amides is 2. The van der Waals surface area contributed by atoms with Crippen LogP contribution in [0.1, 0.15) is 25.0 Å². The van der Waals surface area contributed by atoms with E-state index in [4.69, 9.17) is 27.9 Å². The molecule has 34 heavy (non-hydrogen) atoms. The molecule has 3 rings (SSSR count). The fraction of sp³-hybridized carbons (Fsp3) is 0.259. The fourth-order valence-corrected chi connectivity index (χ4v) is 3.95. The van der Waals surface area contributed by atoms with Gasteiger partial charge in [0.15, 0.2) is 6.61 Å². The predicted octanol–water partition coefficient (Wildman–Crippen LogP) is 5.54. The van der Waals surface area contributed by atoms with Crippen LogP contribution in [0.2, 0.25) is 10.0 Å². The number of hydrogen-bond acceptors (Lipinski definition) is 3. The Bertz CT molecular complexity index is 1110. The quantitative estimate of drug-likeness (QED) is 0.399. The summed E-state index contributed by atoms with van der Waals surface area (Å²) in [5, 5.41) is 3.93. The summed E-state index contributed by atoms with van der Waals surface area (Å²) in [4.78, 5) is 28.3. The van der Waals surface area contributed by atoms with E-state index in [1.54, 1.807) is 41.3 Å². The van der Waals surface area contributed by atoms with Crippen molar-refractivity contribution in [3.63, 3.8) is 0 Å². The van der Waals surface area contributed by atoms with E-state index in [0.717, 1.165) is 11.1 Å². The molecule has 0 heterocycles. The number of rotatable bonds is 10. The van der Waals surface area contributed by atoms with Gasteiger partial charge in [0.2, 0.25) is 5.91 Å². The Hall–Kier alpha value is -3.02. The van der Waals surface area contributed by atoms with Crippen LogP contribution in [-0.4, -0.2) is 35.4 Å². The van der Waals surface area contributed by atoms with Gasteiger partial charge in [-0.25, -0.2) is 0 Å². The average Bonchev–Trinajstić information content (AvgIpc) is 2.81. The highest BCUT2D eigenvalue weighted by atomic mass is 35.5. The van der Waals surface area contributed by atoms with Crippen LogP contribution in [0.4, 0.5) is 0 Å². The lowest BCUT2D eigenvalue weighted by Gasteiger charge is -2.32. The van der Waals surface area contributed by atoms with Gasteiger partial charge in [-0.15, -0.1) is 0 Å². The summed E-state index contributed by atoms with van der Waals surface area (Å²) in [6.07, 6.45) is 0.359. The zero-order valence-corrected chi connectivity index (χ0v) is 20.7. The Balaban J connectivity index is 1.92. The van der Waals surface area contributed by atoms with Crippen LogP contribution in [0, 0.1) is 0 Å². The van der Waals surface area contributed by atoms with Crippen LogP contribution in [-0.2, 0) is 22.6 Å². The summed E-state index contributed by atoms with van der Waals surface area (Å²) >= 11 is 12.4. The molecule has 1 atom stereocenters. The minimum atomic E-state index is -0.744. The van der Waals surface area contributed by atoms with E-state index in [0.29, 0.717) is 22.2 Å². The minimum absolute atomic E-state index is 0.0757. The summed E-state index contributed by atoms with van der Waals surface area (Å²) in [6, 6.07) is 23.0. The molecule has 178 valence electrons. The maximum Gasteiger partial charge on any atom is 0.261 e. The van der Waals surface area contributed by atoms with Crippen molar-refractivity contribution in [3.05, 3.63) is 100 Å². The molecule has 7 heteroatoms. The lowest BCUT2D eigenvalue weighted by Crippen LogP contribution is -2.52. The predicted molar refractivity (Wildman–Crippen MR) is 136 cm³/mol. The lowest BCUT2D eigenvalue weighted by atomic mass is 10.0. The van der Waals surface area contributed by atoms with Crippen LogP contribution in [0.15, 0.2) is 78.9 Å². The molecule has 0 radical (unpaired) electrons. The molecule has 0 aliphatic carbocycles. The molecule has 1 N–H and O–H groups in total. The fourth-order valence-electron chi connectivity index (χ4n) is 3.55. The molecule has 2 amide bonds. The number of nitrogens with one attached hydrogen (secondary N) is 1. The van der Waals surface area contributed by atoms with Crippen molar-refractivity contribution in [2.45, 2.75) is 38.9 Å². The molecule has 0 aromatic heterocycles. The molecule has 3 aromatic carbocycles. The van der Waals surface area contributed by atoms with Crippen molar-refractivity contribution < 1.29 is 14.3 Å². The molecule has 5 nitrogen and oxygen atoms in total. The van der Waals surface area contributed by atoms with Crippen molar-refractivity contribution in [1.82, 2.24) is 10.2 Å². The molecule has 3 aromatic rings. The van der Waals surface area contributed by atoms with Gasteiger partial charge in [0.1, 0.15) is 11.8 Å². The van der Waals surface area contributed by atoms with Gasteiger partial charge >= 0.3 is 0 Å². The maximum atomic E-state index is 13.5. The van der Waals surface area contributed by atoms with Crippen LogP contribution >= 0.6 is 23.2 Å². The highest BCUT2D eigenvalue weighted by molar-refractivity contribution is 6.32. The van der Waals surface area contributed by atoms with Crippen LogP contribution in [0.3, 0.4) is 0 Å². The van der Waals surface area contributed by atoms with Gasteiger partial charge in [-0.1, -0.05) is 77.8 Å². The first-order chi connectivity index (χ1) is 16.3. The maximum absolute atomic E-state index is 13.5. The second kappa shape index (κ2) is 12.4. The SMILES string of the molecule is CC(C)NC(=O)[C@@H](Cc1ccccc1)N(Cc1cccc(Cl)c1)C(=O)COc1ccccc1Cl. The first-order valence-corrected chi connectivity index (χ1v) is 11.8. The zero-order chi connectivity index (χ0) is 24.5. The number of hydrogen-bond donors (Lipinski definition) is 1. The van der Waals surface area contributed by atoms with Gasteiger partial charge in [-0.2, -0.15) is 0 Å². The largest absolute Gasteiger partial charge is 0.482 e. The van der Waals surface area contributed by atoms with Gasteiger partial charge in [0, 0.05) is 24.0 Å². The van der Waals surface area contributed by atoms with E-state index in [1.165, 1.54) is 0 Å². The summed E-state index contributed by atoms with van der Waals surface area (Å²) < 4.78 is 5.72. The Morgan fingerprint density at radius 2 is 1.59 bits per heavy atom. The molecular weight excluding hydrogens is 471 g/mol. The highest BCUT2D eigenvalue weighted by Crippen LogP contribution is 2.24. The highest BCUT2D eigenvalue weighted by Gasteiger charge is 2.31. The minimum Gasteiger partial charge on any atom is -0.482 e. The summed E-state index contributed by atoms with van der Waals surface area (Å²) in [6.45, 7) is 3.72. The van der Waals surface area contributed by atoms with E-state index < -0.39 is 6.04 Å². The molecule has 0 spiro atoms. The van der Waals surface area contributed by atoms with Crippen LogP contribution in [0.25, 0.3) is 0 Å². The Labute approximate surface area is 210 Å². The third-order valence-electron chi connectivity index (χ3n) is 5.13. The summed E-state index contributed by atoms with van der Waals surface area (Å²) in [5.74, 6) is -0.154.